The van der Waals surface area contributed by atoms with Gasteiger partial charge in [0.25, 0.3) is 0 Å². The zero-order chi connectivity index (χ0) is 17.6. The second-order valence-electron chi connectivity index (χ2n) is 6.37. The quantitative estimate of drug-likeness (QED) is 0.487. The molecular weight excluding hydrogens is 322 g/mol. The Balaban J connectivity index is 1.72. The lowest BCUT2D eigenvalue weighted by Crippen LogP contribution is -2.31. The van der Waals surface area contributed by atoms with Crippen LogP contribution >= 0.6 is 0 Å². The Morgan fingerprint density at radius 3 is 2.40 bits per heavy atom. The average Bonchev–Trinajstić information content (AvgIpc) is 2.86. The van der Waals surface area contributed by atoms with Crippen LogP contribution in [-0.4, -0.2) is 23.8 Å². The summed E-state index contributed by atoms with van der Waals surface area (Å²) in [6, 6.07) is 6.49. The Hall–Kier alpha value is -2.89. The zero-order valence-corrected chi connectivity index (χ0v) is 13.7. The van der Waals surface area contributed by atoms with Gasteiger partial charge in [-0.15, -0.1) is 0 Å². The minimum Gasteiger partial charge on any atom is -0.497 e. The van der Waals surface area contributed by atoms with Gasteiger partial charge in [0.1, 0.15) is 11.3 Å². The maximum absolute atomic E-state index is 12.6. The summed E-state index contributed by atoms with van der Waals surface area (Å²) >= 11 is 0. The number of carbonyl (C=O) groups excluding carboxylic acids is 2. The Morgan fingerprint density at radius 1 is 1.08 bits per heavy atom. The molecule has 4 rings (SSSR count). The van der Waals surface area contributed by atoms with E-state index in [1.165, 1.54) is 18.1 Å². The third-order valence-corrected chi connectivity index (χ3v) is 4.96. The third kappa shape index (κ3) is 2.54. The summed E-state index contributed by atoms with van der Waals surface area (Å²) in [7, 11) is 1.53. The van der Waals surface area contributed by atoms with Gasteiger partial charge in [-0.25, -0.2) is 4.79 Å². The molecule has 2 amide bonds. The first-order chi connectivity index (χ1) is 12.1. The van der Waals surface area contributed by atoms with E-state index in [0.717, 1.165) is 0 Å². The number of carbonyl (C=O) groups is 2. The molecule has 0 radical (unpaired) electrons. The first-order valence-corrected chi connectivity index (χ1v) is 8.19. The van der Waals surface area contributed by atoms with Crippen molar-refractivity contribution in [2.45, 2.75) is 19.4 Å². The van der Waals surface area contributed by atoms with E-state index in [-0.39, 0.29) is 30.2 Å². The van der Waals surface area contributed by atoms with Crippen molar-refractivity contribution in [3.63, 3.8) is 0 Å². The minimum atomic E-state index is -0.520. The van der Waals surface area contributed by atoms with Crippen molar-refractivity contribution in [2.75, 3.05) is 7.11 Å². The molecule has 6 nitrogen and oxygen atoms in total. The van der Waals surface area contributed by atoms with Crippen LogP contribution in [0, 0.1) is 11.8 Å². The van der Waals surface area contributed by atoms with Gasteiger partial charge in [-0.2, -0.15) is 0 Å². The van der Waals surface area contributed by atoms with E-state index in [9.17, 15) is 14.4 Å². The largest absolute Gasteiger partial charge is 0.497 e. The molecule has 6 heteroatoms. The monoisotopic (exact) mass is 339 g/mol. The first-order valence-electron chi connectivity index (χ1n) is 8.19. The van der Waals surface area contributed by atoms with E-state index in [1.807, 2.05) is 12.2 Å². The van der Waals surface area contributed by atoms with Crippen LogP contribution in [-0.2, 0) is 16.1 Å². The second-order valence-corrected chi connectivity index (χ2v) is 6.37. The van der Waals surface area contributed by atoms with Crippen molar-refractivity contribution in [1.82, 2.24) is 4.90 Å². The maximum Gasteiger partial charge on any atom is 0.336 e. The molecule has 2 aliphatic rings. The summed E-state index contributed by atoms with van der Waals surface area (Å²) in [4.78, 5) is 38.4. The van der Waals surface area contributed by atoms with Crippen molar-refractivity contribution in [2.24, 2.45) is 11.8 Å². The van der Waals surface area contributed by atoms with Crippen LogP contribution in [0.1, 0.15) is 18.4 Å². The predicted molar refractivity (Wildman–Crippen MR) is 89.9 cm³/mol. The molecule has 0 unspecified atom stereocenters. The van der Waals surface area contributed by atoms with Crippen LogP contribution in [0.15, 0.2) is 45.6 Å². The molecule has 1 aliphatic heterocycles. The molecule has 1 aliphatic carbocycles. The minimum absolute atomic E-state index is 0.0824. The molecule has 0 spiro atoms. The summed E-state index contributed by atoms with van der Waals surface area (Å²) in [6.07, 6.45) is 5.10. The Morgan fingerprint density at radius 2 is 1.76 bits per heavy atom. The predicted octanol–water partition coefficient (Wildman–Crippen LogP) is 2.25. The van der Waals surface area contributed by atoms with E-state index in [0.29, 0.717) is 35.1 Å². The first kappa shape index (κ1) is 15.6. The maximum atomic E-state index is 12.6. The fourth-order valence-electron chi connectivity index (χ4n) is 3.66. The van der Waals surface area contributed by atoms with Gasteiger partial charge in [0.2, 0.25) is 11.8 Å². The molecule has 0 bridgehead atoms. The molecule has 1 saturated heterocycles. The van der Waals surface area contributed by atoms with E-state index >= 15 is 0 Å². The van der Waals surface area contributed by atoms with Crippen molar-refractivity contribution in [3.8, 4) is 5.75 Å². The number of fused-ring (bicyclic) bond motifs is 2. The summed E-state index contributed by atoms with van der Waals surface area (Å²) < 4.78 is 10.4. The van der Waals surface area contributed by atoms with Gasteiger partial charge in [0.15, 0.2) is 0 Å². The molecule has 2 aromatic rings. The summed E-state index contributed by atoms with van der Waals surface area (Å²) in [5.41, 5.74) is 0.455. The number of benzene rings is 1. The van der Waals surface area contributed by atoms with E-state index in [1.54, 1.807) is 18.2 Å². The summed E-state index contributed by atoms with van der Waals surface area (Å²) in [6.45, 7) is 0.0824. The Labute approximate surface area is 143 Å². The number of hydrogen-bond acceptors (Lipinski definition) is 5. The van der Waals surface area contributed by atoms with Gasteiger partial charge >= 0.3 is 5.63 Å². The normalized spacial score (nSPS) is 22.5. The van der Waals surface area contributed by atoms with Gasteiger partial charge in [0.05, 0.1) is 25.5 Å². The van der Waals surface area contributed by atoms with Crippen LogP contribution in [0.2, 0.25) is 0 Å². The molecular formula is C19H17NO5. The van der Waals surface area contributed by atoms with E-state index < -0.39 is 5.63 Å². The highest BCUT2D eigenvalue weighted by atomic mass is 16.5. The molecule has 128 valence electrons. The van der Waals surface area contributed by atoms with Gasteiger partial charge < -0.3 is 9.15 Å². The average molecular weight is 339 g/mol. The number of amides is 2. The fourth-order valence-corrected chi connectivity index (χ4v) is 3.66. The van der Waals surface area contributed by atoms with Crippen molar-refractivity contribution < 1.29 is 18.7 Å². The molecule has 1 fully saturated rings. The molecule has 1 aromatic carbocycles. The number of likely N-dealkylation sites (tertiary alicyclic amines) is 1. The molecule has 25 heavy (non-hydrogen) atoms. The summed E-state index contributed by atoms with van der Waals surface area (Å²) in [5.74, 6) is -0.297. The van der Waals surface area contributed by atoms with Gasteiger partial charge in [-0.3, -0.25) is 14.5 Å². The number of imide groups is 1. The van der Waals surface area contributed by atoms with Gasteiger partial charge in [-0.05, 0) is 30.5 Å². The number of hydrogen-bond donors (Lipinski definition) is 0. The smallest absolute Gasteiger partial charge is 0.336 e. The highest BCUT2D eigenvalue weighted by molar-refractivity contribution is 6.05. The van der Waals surface area contributed by atoms with Gasteiger partial charge in [0, 0.05) is 17.5 Å². The number of ether oxygens (including phenoxy) is 1. The Bertz CT molecular complexity index is 932. The summed E-state index contributed by atoms with van der Waals surface area (Å²) in [5, 5.41) is 0.689. The highest BCUT2D eigenvalue weighted by Crippen LogP contribution is 2.36. The van der Waals surface area contributed by atoms with E-state index in [4.69, 9.17) is 9.15 Å². The van der Waals surface area contributed by atoms with Crippen molar-refractivity contribution in [1.29, 1.82) is 0 Å². The van der Waals surface area contributed by atoms with Crippen molar-refractivity contribution >= 4 is 22.8 Å². The molecule has 1 aromatic heterocycles. The molecule has 0 saturated carbocycles. The van der Waals surface area contributed by atoms with Crippen LogP contribution in [0.3, 0.4) is 0 Å². The molecule has 0 N–H and O–H groups in total. The van der Waals surface area contributed by atoms with Crippen LogP contribution in [0.5, 0.6) is 5.75 Å². The molecule has 2 heterocycles. The SMILES string of the molecule is COc1ccc2c(CN3C(=O)[C@H]4CC=CC[C@@H]4C3=O)cc(=O)oc2c1. The molecule has 2 atom stereocenters. The number of allylic oxidation sites excluding steroid dienone is 2. The highest BCUT2D eigenvalue weighted by Gasteiger charge is 2.47. The van der Waals surface area contributed by atoms with Crippen LogP contribution in [0.25, 0.3) is 11.0 Å². The zero-order valence-electron chi connectivity index (χ0n) is 13.7. The Kier molecular flexibility index (Phi) is 3.67. The number of nitrogens with zero attached hydrogens (tertiary/aromatic N) is 1. The van der Waals surface area contributed by atoms with Crippen LogP contribution in [0.4, 0.5) is 0 Å². The standard InChI is InChI=1S/C19H17NO5/c1-24-12-6-7-13-11(8-17(21)25-16(13)9-12)10-20-18(22)14-4-2-3-5-15(14)19(20)23/h2-3,6-9,14-15H,4-5,10H2,1H3/t14-,15-/m0/s1. The third-order valence-electron chi connectivity index (χ3n) is 4.96. The topological polar surface area (TPSA) is 76.8 Å². The lowest BCUT2D eigenvalue weighted by atomic mass is 9.85. The van der Waals surface area contributed by atoms with E-state index in [2.05, 4.69) is 0 Å². The number of methoxy groups -OCH3 is 1. The van der Waals surface area contributed by atoms with Crippen LogP contribution < -0.4 is 10.4 Å². The number of rotatable bonds is 3. The lowest BCUT2D eigenvalue weighted by Gasteiger charge is -2.16. The second kappa shape index (κ2) is 5.88. The lowest BCUT2D eigenvalue weighted by molar-refractivity contribution is -0.140. The van der Waals surface area contributed by atoms with Gasteiger partial charge in [-0.1, -0.05) is 12.2 Å². The van der Waals surface area contributed by atoms with Crippen molar-refractivity contribution in [3.05, 3.63) is 52.4 Å². The fraction of sp³-hybridized carbons (Fsp3) is 0.316.